The smallest absolute Gasteiger partial charge is 0.334 e. The van der Waals surface area contributed by atoms with Crippen molar-refractivity contribution in [3.8, 4) is 0 Å². The molecule has 0 aliphatic rings. The van der Waals surface area contributed by atoms with E-state index in [2.05, 4.69) is 39.2 Å². The number of carbonyl (C=O) groups excluding carboxylic acids is 1. The zero-order valence-electron chi connectivity index (χ0n) is 12.1. The molecule has 0 aliphatic heterocycles. The van der Waals surface area contributed by atoms with Gasteiger partial charge >= 0.3 is 5.97 Å². The molecule has 0 N–H and O–H groups in total. The molecule has 0 heterocycles. The van der Waals surface area contributed by atoms with Gasteiger partial charge in [0.15, 0.2) is 6.23 Å². The standard InChI is InChI=1S/C14H27NO2/c1-10(2)8-15(9-11(3)4)13(7)17-14(16)12(5)6/h10-11,13H,5,8-9H2,1-4,6-7H3. The Balaban J connectivity index is 4.45. The second-order valence-electron chi connectivity index (χ2n) is 5.53. The first-order chi connectivity index (χ1) is 7.73. The van der Waals surface area contributed by atoms with Gasteiger partial charge in [0.2, 0.25) is 0 Å². The highest BCUT2D eigenvalue weighted by Crippen LogP contribution is 2.10. The average Bonchev–Trinajstić information content (AvgIpc) is 2.14. The van der Waals surface area contributed by atoms with Crippen LogP contribution in [0.4, 0.5) is 0 Å². The number of esters is 1. The van der Waals surface area contributed by atoms with E-state index in [1.807, 2.05) is 6.92 Å². The van der Waals surface area contributed by atoms with Gasteiger partial charge in [-0.1, -0.05) is 34.3 Å². The molecule has 0 amide bonds. The van der Waals surface area contributed by atoms with Gasteiger partial charge in [-0.3, -0.25) is 4.90 Å². The zero-order valence-corrected chi connectivity index (χ0v) is 12.1. The molecular formula is C14H27NO2. The Morgan fingerprint density at radius 1 is 1.12 bits per heavy atom. The Labute approximate surface area is 106 Å². The third-order valence-corrected chi connectivity index (χ3v) is 2.34. The second-order valence-corrected chi connectivity index (χ2v) is 5.53. The van der Waals surface area contributed by atoms with Crippen LogP contribution >= 0.6 is 0 Å². The molecule has 1 unspecified atom stereocenters. The molecular weight excluding hydrogens is 214 g/mol. The van der Waals surface area contributed by atoms with Crippen molar-refractivity contribution < 1.29 is 9.53 Å². The normalized spacial score (nSPS) is 13.2. The lowest BCUT2D eigenvalue weighted by molar-refractivity contribution is -0.153. The van der Waals surface area contributed by atoms with E-state index in [0.29, 0.717) is 17.4 Å². The quantitative estimate of drug-likeness (QED) is 0.390. The van der Waals surface area contributed by atoms with Crippen molar-refractivity contribution in [1.29, 1.82) is 0 Å². The van der Waals surface area contributed by atoms with Crippen molar-refractivity contribution in [2.45, 2.75) is 47.8 Å². The fraction of sp³-hybridized carbons (Fsp3) is 0.786. The molecule has 3 heteroatoms. The monoisotopic (exact) mass is 241 g/mol. The van der Waals surface area contributed by atoms with E-state index in [1.165, 1.54) is 0 Å². The summed E-state index contributed by atoms with van der Waals surface area (Å²) >= 11 is 0. The fourth-order valence-electron chi connectivity index (χ4n) is 1.64. The van der Waals surface area contributed by atoms with Crippen molar-refractivity contribution in [1.82, 2.24) is 4.90 Å². The van der Waals surface area contributed by atoms with Crippen molar-refractivity contribution in [3.05, 3.63) is 12.2 Å². The van der Waals surface area contributed by atoms with Gasteiger partial charge in [0, 0.05) is 18.7 Å². The Kier molecular flexibility index (Phi) is 7.12. The topological polar surface area (TPSA) is 29.5 Å². The van der Waals surface area contributed by atoms with E-state index < -0.39 is 0 Å². The lowest BCUT2D eigenvalue weighted by atomic mass is 10.1. The summed E-state index contributed by atoms with van der Waals surface area (Å²) in [5.74, 6) is 0.800. The summed E-state index contributed by atoms with van der Waals surface area (Å²) in [7, 11) is 0. The predicted octanol–water partition coefficient (Wildman–Crippen LogP) is 3.07. The van der Waals surface area contributed by atoms with Crippen molar-refractivity contribution in [2.75, 3.05) is 13.1 Å². The third kappa shape index (κ3) is 7.16. The summed E-state index contributed by atoms with van der Waals surface area (Å²) in [6.45, 7) is 17.7. The summed E-state index contributed by atoms with van der Waals surface area (Å²) in [5.41, 5.74) is 0.450. The predicted molar refractivity (Wildman–Crippen MR) is 71.6 cm³/mol. The molecule has 0 aliphatic carbocycles. The third-order valence-electron chi connectivity index (χ3n) is 2.34. The molecule has 17 heavy (non-hydrogen) atoms. The minimum absolute atomic E-state index is 0.191. The van der Waals surface area contributed by atoms with E-state index in [-0.39, 0.29) is 12.2 Å². The van der Waals surface area contributed by atoms with Crippen LogP contribution in [0.3, 0.4) is 0 Å². The summed E-state index contributed by atoms with van der Waals surface area (Å²) in [6, 6.07) is 0. The number of carbonyl (C=O) groups is 1. The molecule has 1 atom stereocenters. The van der Waals surface area contributed by atoms with Gasteiger partial charge in [-0.05, 0) is 25.7 Å². The molecule has 0 spiro atoms. The average molecular weight is 241 g/mol. The van der Waals surface area contributed by atoms with Gasteiger partial charge in [0.1, 0.15) is 0 Å². The van der Waals surface area contributed by atoms with Crippen LogP contribution in [0.25, 0.3) is 0 Å². The van der Waals surface area contributed by atoms with E-state index in [9.17, 15) is 4.79 Å². The molecule has 3 nitrogen and oxygen atoms in total. The van der Waals surface area contributed by atoms with Gasteiger partial charge < -0.3 is 4.74 Å². The number of hydrogen-bond donors (Lipinski definition) is 0. The van der Waals surface area contributed by atoms with E-state index >= 15 is 0 Å². The summed E-state index contributed by atoms with van der Waals surface area (Å²) in [5, 5.41) is 0. The number of nitrogens with zero attached hydrogens (tertiary/aromatic N) is 1. The highest BCUT2D eigenvalue weighted by molar-refractivity contribution is 5.87. The molecule has 0 fully saturated rings. The van der Waals surface area contributed by atoms with Crippen LogP contribution in [0.2, 0.25) is 0 Å². The van der Waals surface area contributed by atoms with Crippen molar-refractivity contribution >= 4 is 5.97 Å². The van der Waals surface area contributed by atoms with Crippen LogP contribution < -0.4 is 0 Å². The van der Waals surface area contributed by atoms with Gasteiger partial charge in [0.05, 0.1) is 0 Å². The first kappa shape index (κ1) is 16.2. The van der Waals surface area contributed by atoms with Gasteiger partial charge in [-0.15, -0.1) is 0 Å². The van der Waals surface area contributed by atoms with E-state index in [0.717, 1.165) is 13.1 Å². The first-order valence-corrected chi connectivity index (χ1v) is 6.34. The van der Waals surface area contributed by atoms with Crippen LogP contribution in [0.15, 0.2) is 12.2 Å². The maximum Gasteiger partial charge on any atom is 0.334 e. The summed E-state index contributed by atoms with van der Waals surface area (Å²) < 4.78 is 5.36. The SMILES string of the molecule is C=C(C)C(=O)OC(C)N(CC(C)C)CC(C)C. The molecule has 0 aromatic heterocycles. The Morgan fingerprint density at radius 2 is 1.53 bits per heavy atom. The van der Waals surface area contributed by atoms with Gasteiger partial charge in [-0.25, -0.2) is 4.79 Å². The first-order valence-electron chi connectivity index (χ1n) is 6.34. The molecule has 0 aromatic carbocycles. The Bertz CT molecular complexity index is 249. The lowest BCUT2D eigenvalue weighted by Gasteiger charge is -2.31. The van der Waals surface area contributed by atoms with Gasteiger partial charge in [0.25, 0.3) is 0 Å². The Hall–Kier alpha value is -0.830. The minimum Gasteiger partial charge on any atom is -0.443 e. The number of ether oxygens (including phenoxy) is 1. The summed E-state index contributed by atoms with van der Waals surface area (Å²) in [6.07, 6.45) is -0.191. The molecule has 0 saturated heterocycles. The van der Waals surface area contributed by atoms with Crippen molar-refractivity contribution in [3.63, 3.8) is 0 Å². The van der Waals surface area contributed by atoms with Gasteiger partial charge in [-0.2, -0.15) is 0 Å². The number of hydrogen-bond acceptors (Lipinski definition) is 3. The fourth-order valence-corrected chi connectivity index (χ4v) is 1.64. The molecule has 0 aromatic rings. The highest BCUT2D eigenvalue weighted by Gasteiger charge is 2.19. The molecule has 100 valence electrons. The Morgan fingerprint density at radius 3 is 1.82 bits per heavy atom. The van der Waals surface area contributed by atoms with Crippen LogP contribution in [-0.4, -0.2) is 30.2 Å². The van der Waals surface area contributed by atoms with Crippen LogP contribution in [0, 0.1) is 11.8 Å². The van der Waals surface area contributed by atoms with Crippen molar-refractivity contribution in [2.24, 2.45) is 11.8 Å². The molecule has 0 saturated carbocycles. The van der Waals surface area contributed by atoms with E-state index in [4.69, 9.17) is 4.74 Å². The maximum atomic E-state index is 11.5. The molecule has 0 radical (unpaired) electrons. The van der Waals surface area contributed by atoms with Crippen LogP contribution in [0.5, 0.6) is 0 Å². The highest BCUT2D eigenvalue weighted by atomic mass is 16.6. The van der Waals surface area contributed by atoms with E-state index in [1.54, 1.807) is 6.92 Å². The largest absolute Gasteiger partial charge is 0.443 e. The minimum atomic E-state index is -0.310. The molecule has 0 bridgehead atoms. The maximum absolute atomic E-state index is 11.5. The lowest BCUT2D eigenvalue weighted by Crippen LogP contribution is -2.41. The second kappa shape index (κ2) is 7.49. The number of rotatable bonds is 7. The zero-order chi connectivity index (χ0) is 13.6. The summed E-state index contributed by atoms with van der Waals surface area (Å²) in [4.78, 5) is 13.7. The van der Waals surface area contributed by atoms with Crippen LogP contribution in [-0.2, 0) is 9.53 Å². The molecule has 0 rings (SSSR count). The van der Waals surface area contributed by atoms with Crippen LogP contribution in [0.1, 0.15) is 41.5 Å².